The summed E-state index contributed by atoms with van der Waals surface area (Å²) in [6, 6.07) is 0. The van der Waals surface area contributed by atoms with Gasteiger partial charge >= 0.3 is 0 Å². The SMILES string of the molecule is NCCSC(=O)CCN. The molecule has 0 aliphatic carbocycles. The summed E-state index contributed by atoms with van der Waals surface area (Å²) in [5.74, 6) is 0.707. The van der Waals surface area contributed by atoms with E-state index in [1.54, 1.807) is 0 Å². The Morgan fingerprint density at radius 1 is 1.33 bits per heavy atom. The number of rotatable bonds is 4. The Morgan fingerprint density at radius 3 is 2.44 bits per heavy atom. The van der Waals surface area contributed by atoms with E-state index in [1.807, 2.05) is 0 Å². The molecule has 0 bridgehead atoms. The van der Waals surface area contributed by atoms with Crippen LogP contribution in [-0.2, 0) is 4.79 Å². The Kier molecular flexibility index (Phi) is 6.03. The van der Waals surface area contributed by atoms with Crippen LogP contribution >= 0.6 is 11.8 Å². The van der Waals surface area contributed by atoms with E-state index in [2.05, 4.69) is 0 Å². The molecule has 0 fully saturated rings. The molecule has 0 unspecified atom stereocenters. The molecule has 0 spiro atoms. The van der Waals surface area contributed by atoms with Crippen molar-refractivity contribution < 1.29 is 4.79 Å². The molecular formula is C5H12N2OS. The molecule has 54 valence electrons. The van der Waals surface area contributed by atoms with E-state index in [-0.39, 0.29) is 5.12 Å². The number of carbonyl (C=O) groups is 1. The minimum Gasteiger partial charge on any atom is -0.330 e. The van der Waals surface area contributed by atoms with E-state index >= 15 is 0 Å². The lowest BCUT2D eigenvalue weighted by Crippen LogP contribution is -2.08. The van der Waals surface area contributed by atoms with Gasteiger partial charge in [-0.05, 0) is 0 Å². The van der Waals surface area contributed by atoms with Crippen molar-refractivity contribution in [1.29, 1.82) is 0 Å². The predicted molar refractivity (Wildman–Crippen MR) is 40.2 cm³/mol. The van der Waals surface area contributed by atoms with Gasteiger partial charge in [0.25, 0.3) is 0 Å². The van der Waals surface area contributed by atoms with E-state index < -0.39 is 0 Å². The van der Waals surface area contributed by atoms with E-state index in [4.69, 9.17) is 11.5 Å². The molecule has 4 heteroatoms. The van der Waals surface area contributed by atoms with E-state index in [9.17, 15) is 4.79 Å². The maximum absolute atomic E-state index is 10.6. The molecule has 9 heavy (non-hydrogen) atoms. The summed E-state index contributed by atoms with van der Waals surface area (Å²) in [6.07, 6.45) is 0.463. The summed E-state index contributed by atoms with van der Waals surface area (Å²) in [5.41, 5.74) is 10.3. The fourth-order valence-electron chi connectivity index (χ4n) is 0.363. The highest BCUT2D eigenvalue weighted by Crippen LogP contribution is 2.01. The number of hydrogen-bond acceptors (Lipinski definition) is 4. The lowest BCUT2D eigenvalue weighted by atomic mass is 10.5. The smallest absolute Gasteiger partial charge is 0.190 e. The van der Waals surface area contributed by atoms with Crippen LogP contribution in [0.25, 0.3) is 0 Å². The Balaban J connectivity index is 3.06. The van der Waals surface area contributed by atoms with E-state index in [0.29, 0.717) is 25.3 Å². The van der Waals surface area contributed by atoms with Gasteiger partial charge in [0, 0.05) is 25.3 Å². The van der Waals surface area contributed by atoms with Crippen LogP contribution in [0, 0.1) is 0 Å². The fraction of sp³-hybridized carbons (Fsp3) is 0.800. The first-order valence-corrected chi connectivity index (χ1v) is 3.85. The van der Waals surface area contributed by atoms with Crippen molar-refractivity contribution in [3.8, 4) is 0 Å². The van der Waals surface area contributed by atoms with Crippen LogP contribution in [0.3, 0.4) is 0 Å². The average Bonchev–Trinajstić information content (AvgIpc) is 1.85. The van der Waals surface area contributed by atoms with Crippen molar-refractivity contribution in [1.82, 2.24) is 0 Å². The first-order chi connectivity index (χ1) is 4.31. The van der Waals surface area contributed by atoms with Gasteiger partial charge in [-0.15, -0.1) is 0 Å². The van der Waals surface area contributed by atoms with Crippen molar-refractivity contribution >= 4 is 16.9 Å². The maximum atomic E-state index is 10.6. The van der Waals surface area contributed by atoms with Crippen LogP contribution in [0.1, 0.15) is 6.42 Å². The average molecular weight is 148 g/mol. The van der Waals surface area contributed by atoms with Gasteiger partial charge in [-0.1, -0.05) is 11.8 Å². The highest BCUT2D eigenvalue weighted by atomic mass is 32.2. The van der Waals surface area contributed by atoms with Gasteiger partial charge in [0.05, 0.1) is 0 Å². The molecule has 0 radical (unpaired) electrons. The van der Waals surface area contributed by atoms with Crippen molar-refractivity contribution in [3.63, 3.8) is 0 Å². The van der Waals surface area contributed by atoms with Gasteiger partial charge in [-0.25, -0.2) is 0 Å². The molecule has 4 N–H and O–H groups in total. The molecule has 0 amide bonds. The Bertz CT molecular complexity index is 87.0. The highest BCUT2D eigenvalue weighted by Gasteiger charge is 1.97. The first kappa shape index (κ1) is 8.94. The standard InChI is InChI=1S/C5H12N2OS/c6-2-1-5(8)9-4-3-7/h1-4,6-7H2. The summed E-state index contributed by atoms with van der Waals surface area (Å²) in [4.78, 5) is 10.6. The summed E-state index contributed by atoms with van der Waals surface area (Å²) in [7, 11) is 0. The van der Waals surface area contributed by atoms with Gasteiger partial charge < -0.3 is 11.5 Å². The van der Waals surface area contributed by atoms with E-state index in [1.165, 1.54) is 11.8 Å². The third-order valence-corrected chi connectivity index (χ3v) is 1.70. The van der Waals surface area contributed by atoms with Crippen LogP contribution in [0.2, 0.25) is 0 Å². The molecule has 0 aliphatic rings. The minimum absolute atomic E-state index is 0.142. The van der Waals surface area contributed by atoms with Gasteiger partial charge in [0.2, 0.25) is 0 Å². The summed E-state index contributed by atoms with van der Waals surface area (Å²) in [5, 5.41) is 0.142. The quantitative estimate of drug-likeness (QED) is 0.567. The zero-order valence-corrected chi connectivity index (χ0v) is 6.12. The molecule has 0 aromatic carbocycles. The number of thioether (sulfide) groups is 1. The molecule has 0 heterocycles. The number of carbonyl (C=O) groups excluding carboxylic acids is 1. The molecule has 0 saturated heterocycles. The molecule has 3 nitrogen and oxygen atoms in total. The normalized spacial score (nSPS) is 9.56. The van der Waals surface area contributed by atoms with Crippen LogP contribution in [0.4, 0.5) is 0 Å². The molecule has 0 aromatic rings. The Labute approximate surface area is 59.2 Å². The summed E-state index contributed by atoms with van der Waals surface area (Å²) >= 11 is 1.26. The second kappa shape index (κ2) is 6.07. The molecule has 0 atom stereocenters. The van der Waals surface area contributed by atoms with Crippen molar-refractivity contribution in [2.45, 2.75) is 6.42 Å². The Hall–Kier alpha value is -0.0600. The molecule has 0 saturated carbocycles. The van der Waals surface area contributed by atoms with Crippen LogP contribution < -0.4 is 11.5 Å². The monoisotopic (exact) mass is 148 g/mol. The molecular weight excluding hydrogens is 136 g/mol. The van der Waals surface area contributed by atoms with Crippen LogP contribution in [0.15, 0.2) is 0 Å². The fourth-order valence-corrected chi connectivity index (χ4v) is 0.970. The number of nitrogens with two attached hydrogens (primary N) is 2. The summed E-state index contributed by atoms with van der Waals surface area (Å²) < 4.78 is 0. The predicted octanol–water partition coefficient (Wildman–Crippen LogP) is -0.446. The lowest BCUT2D eigenvalue weighted by Gasteiger charge is -1.94. The topological polar surface area (TPSA) is 69.1 Å². The minimum atomic E-state index is 0.142. The number of hydrogen-bond donors (Lipinski definition) is 2. The van der Waals surface area contributed by atoms with Gasteiger partial charge in [-0.2, -0.15) is 0 Å². The van der Waals surface area contributed by atoms with Gasteiger partial charge in [0.15, 0.2) is 5.12 Å². The second-order valence-corrected chi connectivity index (χ2v) is 2.70. The summed E-state index contributed by atoms with van der Waals surface area (Å²) in [6.45, 7) is 0.997. The third kappa shape index (κ3) is 5.82. The van der Waals surface area contributed by atoms with E-state index in [0.717, 1.165) is 0 Å². The highest BCUT2D eigenvalue weighted by molar-refractivity contribution is 8.13. The first-order valence-electron chi connectivity index (χ1n) is 2.87. The van der Waals surface area contributed by atoms with Gasteiger partial charge in [-0.3, -0.25) is 4.79 Å². The largest absolute Gasteiger partial charge is 0.330 e. The van der Waals surface area contributed by atoms with Crippen LogP contribution in [-0.4, -0.2) is 24.0 Å². The second-order valence-electron chi connectivity index (χ2n) is 1.55. The zero-order valence-electron chi connectivity index (χ0n) is 5.30. The van der Waals surface area contributed by atoms with Crippen LogP contribution in [0.5, 0.6) is 0 Å². The maximum Gasteiger partial charge on any atom is 0.190 e. The van der Waals surface area contributed by atoms with Crippen molar-refractivity contribution in [3.05, 3.63) is 0 Å². The molecule has 0 aliphatic heterocycles. The lowest BCUT2D eigenvalue weighted by molar-refractivity contribution is -0.110. The third-order valence-electron chi connectivity index (χ3n) is 0.729. The molecule has 0 aromatic heterocycles. The van der Waals surface area contributed by atoms with Crippen molar-refractivity contribution in [2.75, 3.05) is 18.8 Å². The van der Waals surface area contributed by atoms with Gasteiger partial charge in [0.1, 0.15) is 0 Å². The zero-order chi connectivity index (χ0) is 7.11. The van der Waals surface area contributed by atoms with Crippen molar-refractivity contribution in [2.24, 2.45) is 11.5 Å². The Morgan fingerprint density at radius 2 is 2.00 bits per heavy atom. The molecule has 0 rings (SSSR count).